The van der Waals surface area contributed by atoms with Gasteiger partial charge in [-0.1, -0.05) is 13.8 Å². The van der Waals surface area contributed by atoms with Crippen LogP contribution in [0.25, 0.3) is 0 Å². The highest BCUT2D eigenvalue weighted by Crippen LogP contribution is 2.38. The first kappa shape index (κ1) is 46.8. The SMILES string of the molecule is CCC(=O)O[C@H]1[C@H](C)O[C@H](O[C@H]2[C@@H](N(C)C)[C@H](O)[C@@H](O[C@@H]3[C@H](CC=O)C[C@@H](C)C(=O)C=C[C@@H]4O[C@H]4C[C@H](C)OC(=O)C[C@H](OC(C)=O)[C@H]3OC)O[C@@H]2C)C[C@@]1(C)O. The summed E-state index contributed by atoms with van der Waals surface area (Å²) in [6, 6.07) is -0.796. The number of likely N-dealkylation sites (N-methyl/N-ethyl adjacent to an activating group) is 1. The third-order valence-corrected chi connectivity index (χ3v) is 11.1. The van der Waals surface area contributed by atoms with Crippen molar-refractivity contribution in [3.63, 3.8) is 0 Å². The van der Waals surface area contributed by atoms with E-state index in [0.29, 0.717) is 12.7 Å². The molecule has 4 heterocycles. The lowest BCUT2D eigenvalue weighted by Gasteiger charge is -2.50. The number of esters is 3. The summed E-state index contributed by atoms with van der Waals surface area (Å²) in [5.41, 5.74) is -1.50. The summed E-state index contributed by atoms with van der Waals surface area (Å²) >= 11 is 0. The first-order chi connectivity index (χ1) is 26.8. The molecule has 57 heavy (non-hydrogen) atoms. The van der Waals surface area contributed by atoms with E-state index in [0.717, 1.165) is 0 Å². The molecule has 3 saturated heterocycles. The minimum Gasteiger partial charge on any atom is -0.462 e. The smallest absolute Gasteiger partial charge is 0.309 e. The van der Waals surface area contributed by atoms with Gasteiger partial charge in [0.2, 0.25) is 0 Å². The third-order valence-electron chi connectivity index (χ3n) is 11.1. The average Bonchev–Trinajstić information content (AvgIpc) is 3.86. The topological polar surface area (TPSA) is 215 Å². The van der Waals surface area contributed by atoms with Crippen LogP contribution in [0.4, 0.5) is 0 Å². The Morgan fingerprint density at radius 1 is 1.00 bits per heavy atom. The summed E-state index contributed by atoms with van der Waals surface area (Å²) in [7, 11) is 4.81. The van der Waals surface area contributed by atoms with Crippen molar-refractivity contribution in [2.45, 2.75) is 178 Å². The standard InChI is InChI=1S/C40H63NO16/c1-11-30(45)55-38-23(5)51-32(19-40(38,7)48)56-35-22(4)52-39(34(47)33(35)41(8)9)57-36-25(14-15-42)16-20(2)26(44)12-13-27-28(54-27)17-21(3)50-31(46)18-29(37(36)49-10)53-24(6)43/h12-13,15,20-23,25,27-29,32-39,47-48H,11,14,16-19H2,1-10H3/t20-,21+,22-,23+,25-,27+,28+,29+,32-,33+,34+,35-,36-,37-,38+,39-,40-/m1/s1. The first-order valence-electron chi connectivity index (χ1n) is 19.9. The lowest BCUT2D eigenvalue weighted by Crippen LogP contribution is -2.66. The van der Waals surface area contributed by atoms with Gasteiger partial charge in [0, 0.05) is 45.6 Å². The van der Waals surface area contributed by atoms with E-state index in [9.17, 15) is 34.2 Å². The number of fused-ring (bicyclic) bond motifs is 1. The maximum Gasteiger partial charge on any atom is 0.309 e. The minimum atomic E-state index is -1.50. The van der Waals surface area contributed by atoms with Crippen molar-refractivity contribution in [2.75, 3.05) is 21.2 Å². The van der Waals surface area contributed by atoms with Crippen molar-refractivity contribution < 1.29 is 76.8 Å². The number of methoxy groups -OCH3 is 1. The molecule has 17 atom stereocenters. The number of ketones is 1. The lowest BCUT2D eigenvalue weighted by atomic mass is 9.83. The van der Waals surface area contributed by atoms with Gasteiger partial charge in [-0.2, -0.15) is 0 Å². The molecule has 3 fully saturated rings. The molecule has 0 aromatic rings. The van der Waals surface area contributed by atoms with Crippen LogP contribution in [0, 0.1) is 11.8 Å². The molecule has 17 nitrogen and oxygen atoms in total. The molecule has 0 saturated carbocycles. The fourth-order valence-electron chi connectivity index (χ4n) is 8.21. The molecule has 4 aliphatic heterocycles. The molecule has 17 heteroatoms. The molecule has 0 unspecified atom stereocenters. The molecule has 0 amide bonds. The molecule has 4 aliphatic rings. The monoisotopic (exact) mass is 813 g/mol. The molecule has 0 aliphatic carbocycles. The number of nitrogens with zero attached hydrogens (tertiary/aromatic N) is 1. The number of rotatable bonds is 11. The van der Waals surface area contributed by atoms with Gasteiger partial charge >= 0.3 is 17.9 Å². The second-order valence-electron chi connectivity index (χ2n) is 16.2. The van der Waals surface area contributed by atoms with E-state index in [-0.39, 0.29) is 43.7 Å². The van der Waals surface area contributed by atoms with Crippen LogP contribution in [-0.4, -0.2) is 158 Å². The molecular weight excluding hydrogens is 750 g/mol. The molecule has 0 aromatic heterocycles. The van der Waals surface area contributed by atoms with Crippen LogP contribution in [0.5, 0.6) is 0 Å². The number of aliphatic hydroxyl groups is 2. The first-order valence-corrected chi connectivity index (χ1v) is 19.9. The number of aliphatic hydroxyl groups excluding tert-OH is 1. The van der Waals surface area contributed by atoms with Crippen molar-refractivity contribution in [2.24, 2.45) is 11.8 Å². The zero-order chi connectivity index (χ0) is 42.4. The Morgan fingerprint density at radius 3 is 2.30 bits per heavy atom. The van der Waals surface area contributed by atoms with E-state index in [2.05, 4.69) is 0 Å². The molecule has 4 rings (SSSR count). The van der Waals surface area contributed by atoms with E-state index in [1.54, 1.807) is 66.6 Å². The molecule has 324 valence electrons. The zero-order valence-corrected chi connectivity index (χ0v) is 34.8. The van der Waals surface area contributed by atoms with Crippen molar-refractivity contribution in [3.8, 4) is 0 Å². The van der Waals surface area contributed by atoms with Crippen molar-refractivity contribution in [3.05, 3.63) is 12.2 Å². The highest BCUT2D eigenvalue weighted by molar-refractivity contribution is 5.91. The van der Waals surface area contributed by atoms with Crippen molar-refractivity contribution in [1.82, 2.24) is 4.90 Å². The number of hydrogen-bond donors (Lipinski definition) is 2. The largest absolute Gasteiger partial charge is 0.462 e. The number of ether oxygens (including phenoxy) is 9. The Labute approximate surface area is 334 Å². The molecular formula is C40H63NO16. The number of carbonyl (C=O) groups is 5. The zero-order valence-electron chi connectivity index (χ0n) is 34.8. The predicted octanol–water partition coefficient (Wildman–Crippen LogP) is 1.80. The number of epoxide rings is 1. The second-order valence-corrected chi connectivity index (χ2v) is 16.2. The fraction of sp³-hybridized carbons (Fsp3) is 0.825. The van der Waals surface area contributed by atoms with Crippen molar-refractivity contribution in [1.29, 1.82) is 0 Å². The molecule has 0 aromatic carbocycles. The predicted molar refractivity (Wildman–Crippen MR) is 199 cm³/mol. The Hall–Kier alpha value is -2.87. The highest BCUT2D eigenvalue weighted by Gasteiger charge is 2.53. The van der Waals surface area contributed by atoms with Gasteiger partial charge in [-0.25, -0.2) is 0 Å². The van der Waals surface area contributed by atoms with Gasteiger partial charge in [-0.15, -0.1) is 0 Å². The average molecular weight is 814 g/mol. The van der Waals surface area contributed by atoms with Crippen molar-refractivity contribution >= 4 is 30.0 Å². The van der Waals surface area contributed by atoms with Gasteiger partial charge in [0.1, 0.15) is 48.5 Å². The van der Waals surface area contributed by atoms with E-state index in [4.69, 9.17) is 42.6 Å². The van der Waals surface area contributed by atoms with E-state index >= 15 is 0 Å². The van der Waals surface area contributed by atoms with Crippen LogP contribution < -0.4 is 0 Å². The Morgan fingerprint density at radius 2 is 1.70 bits per heavy atom. The normalized spacial score (nSPS) is 42.1. The lowest BCUT2D eigenvalue weighted by molar-refractivity contribution is -0.344. The number of aldehydes is 1. The summed E-state index contributed by atoms with van der Waals surface area (Å²) in [6.45, 7) is 11.2. The number of carbonyl (C=O) groups excluding carboxylic acids is 5. The van der Waals surface area contributed by atoms with Gasteiger partial charge in [-0.05, 0) is 66.3 Å². The van der Waals surface area contributed by atoms with Crippen LogP contribution in [0.1, 0.15) is 87.0 Å². The third kappa shape index (κ3) is 12.3. The van der Waals surface area contributed by atoms with E-state index in [1.165, 1.54) is 20.1 Å². The highest BCUT2D eigenvalue weighted by atomic mass is 16.7. The quantitative estimate of drug-likeness (QED) is 0.132. The number of allylic oxidation sites excluding steroid dienone is 1. The van der Waals surface area contributed by atoms with E-state index in [1.807, 2.05) is 0 Å². The van der Waals surface area contributed by atoms with Crippen LogP contribution in [0.15, 0.2) is 12.2 Å². The van der Waals surface area contributed by atoms with Gasteiger partial charge in [0.05, 0.1) is 36.9 Å². The second kappa shape index (κ2) is 20.4. The van der Waals surface area contributed by atoms with Crippen LogP contribution in [0.2, 0.25) is 0 Å². The number of cyclic esters (lactones) is 1. The molecule has 0 bridgehead atoms. The van der Waals surface area contributed by atoms with Crippen LogP contribution in [-0.2, 0) is 66.6 Å². The maximum atomic E-state index is 13.4. The minimum absolute atomic E-state index is 0.0531. The summed E-state index contributed by atoms with van der Waals surface area (Å²) in [6.07, 6.45) is -8.00. The summed E-state index contributed by atoms with van der Waals surface area (Å²) in [5, 5.41) is 23.4. The summed E-state index contributed by atoms with van der Waals surface area (Å²) in [4.78, 5) is 65.2. The van der Waals surface area contributed by atoms with Gasteiger partial charge in [-0.3, -0.25) is 19.2 Å². The summed E-state index contributed by atoms with van der Waals surface area (Å²) < 4.78 is 53.9. The summed E-state index contributed by atoms with van der Waals surface area (Å²) in [5.74, 6) is -3.45. The van der Waals surface area contributed by atoms with E-state index < -0.39 is 115 Å². The Bertz CT molecular complexity index is 1420. The number of hydrogen-bond acceptors (Lipinski definition) is 17. The Kier molecular flexibility index (Phi) is 16.8. The van der Waals surface area contributed by atoms with Crippen LogP contribution in [0.3, 0.4) is 0 Å². The molecule has 2 N–H and O–H groups in total. The van der Waals surface area contributed by atoms with Crippen LogP contribution >= 0.6 is 0 Å². The fourth-order valence-corrected chi connectivity index (χ4v) is 8.21. The van der Waals surface area contributed by atoms with Gasteiger partial charge in [0.15, 0.2) is 24.5 Å². The molecule has 0 spiro atoms. The molecule has 0 radical (unpaired) electrons. The van der Waals surface area contributed by atoms with Gasteiger partial charge < -0.3 is 62.5 Å². The maximum absolute atomic E-state index is 13.4. The van der Waals surface area contributed by atoms with Gasteiger partial charge in [0.25, 0.3) is 0 Å². The Balaban J connectivity index is 1.66.